The molecule has 1 heterocycles. The molecule has 1 rings (SSSR count). The van der Waals surface area contributed by atoms with Crippen LogP contribution in [0.5, 0.6) is 0 Å². The zero-order valence-electron chi connectivity index (χ0n) is 6.97. The molecule has 0 unspecified atom stereocenters. The SMILES string of the molecule is CN1[SiH](C)N(C)[Si]1(C)C. The molecule has 9 heavy (non-hydrogen) atoms. The minimum atomic E-state index is -0.992. The highest BCUT2D eigenvalue weighted by molar-refractivity contribution is 6.95. The zero-order chi connectivity index (χ0) is 7.23. The molecule has 2 nitrogen and oxygen atoms in total. The minimum absolute atomic E-state index is 0.554. The van der Waals surface area contributed by atoms with Crippen molar-refractivity contribution in [2.45, 2.75) is 19.6 Å². The van der Waals surface area contributed by atoms with Crippen molar-refractivity contribution in [3.8, 4) is 0 Å². The van der Waals surface area contributed by atoms with Crippen molar-refractivity contribution in [3.05, 3.63) is 0 Å². The molecule has 0 aromatic rings. The lowest BCUT2D eigenvalue weighted by molar-refractivity contribution is 0.513. The topological polar surface area (TPSA) is 6.48 Å². The van der Waals surface area contributed by atoms with E-state index < -0.39 is 17.5 Å². The monoisotopic (exact) mass is 160 g/mol. The first-order valence-electron chi connectivity index (χ1n) is 3.44. The Labute approximate surface area is 60.4 Å². The molecule has 1 aliphatic heterocycles. The lowest BCUT2D eigenvalue weighted by atomic mass is 11.5. The summed E-state index contributed by atoms with van der Waals surface area (Å²) < 4.78 is 5.26. The largest absolute Gasteiger partial charge is 0.328 e. The van der Waals surface area contributed by atoms with E-state index in [4.69, 9.17) is 0 Å². The van der Waals surface area contributed by atoms with Gasteiger partial charge in [0.1, 0.15) is 0 Å². The summed E-state index contributed by atoms with van der Waals surface area (Å²) in [5, 5.41) is 0. The quantitative estimate of drug-likeness (QED) is 0.474. The Bertz CT molecular complexity index is 114. The summed E-state index contributed by atoms with van der Waals surface area (Å²) in [5.74, 6) is 0. The fraction of sp³-hybridized carbons (Fsp3) is 1.00. The van der Waals surface area contributed by atoms with E-state index in [1.165, 1.54) is 0 Å². The molecule has 1 fully saturated rings. The van der Waals surface area contributed by atoms with Crippen LogP contribution >= 0.6 is 0 Å². The lowest BCUT2D eigenvalue weighted by Crippen LogP contribution is -2.80. The Balaban J connectivity index is 2.62. The molecule has 0 spiro atoms. The van der Waals surface area contributed by atoms with Crippen LogP contribution in [0.25, 0.3) is 0 Å². The van der Waals surface area contributed by atoms with Gasteiger partial charge in [-0.05, 0) is 33.7 Å². The van der Waals surface area contributed by atoms with Crippen molar-refractivity contribution in [3.63, 3.8) is 0 Å². The fourth-order valence-electron chi connectivity index (χ4n) is 1.37. The molecule has 0 aromatic heterocycles. The smallest absolute Gasteiger partial charge is 0.188 e. The normalized spacial score (nSPS) is 30.3. The van der Waals surface area contributed by atoms with Crippen molar-refractivity contribution in [2.75, 3.05) is 14.1 Å². The first-order valence-corrected chi connectivity index (χ1v) is 8.52. The van der Waals surface area contributed by atoms with E-state index in [0.29, 0.717) is 0 Å². The van der Waals surface area contributed by atoms with E-state index in [1.807, 2.05) is 0 Å². The second-order valence-electron chi connectivity index (χ2n) is 3.35. The van der Waals surface area contributed by atoms with Gasteiger partial charge >= 0.3 is 0 Å². The molecule has 1 saturated heterocycles. The minimum Gasteiger partial charge on any atom is -0.328 e. The van der Waals surface area contributed by atoms with Crippen molar-refractivity contribution < 1.29 is 0 Å². The van der Waals surface area contributed by atoms with Crippen LogP contribution in [0.1, 0.15) is 0 Å². The third kappa shape index (κ3) is 0.814. The van der Waals surface area contributed by atoms with Gasteiger partial charge in [0.25, 0.3) is 0 Å². The maximum absolute atomic E-state index is 2.63. The van der Waals surface area contributed by atoms with Gasteiger partial charge in [-0.3, -0.25) is 0 Å². The van der Waals surface area contributed by atoms with Gasteiger partial charge in [0, 0.05) is 0 Å². The maximum atomic E-state index is 2.63. The average Bonchev–Trinajstić information content (AvgIpc) is 1.84. The van der Waals surface area contributed by atoms with Gasteiger partial charge in [0.15, 0.2) is 17.5 Å². The van der Waals surface area contributed by atoms with Crippen LogP contribution < -0.4 is 0 Å². The molecular weight excluding hydrogens is 144 g/mol. The molecule has 0 radical (unpaired) electrons. The molecule has 4 heteroatoms. The van der Waals surface area contributed by atoms with Gasteiger partial charge in [0.05, 0.1) is 0 Å². The molecule has 0 saturated carbocycles. The van der Waals surface area contributed by atoms with Crippen LogP contribution in [0, 0.1) is 0 Å². The van der Waals surface area contributed by atoms with Crippen LogP contribution in [0.15, 0.2) is 0 Å². The van der Waals surface area contributed by atoms with Gasteiger partial charge < -0.3 is 8.46 Å². The summed E-state index contributed by atoms with van der Waals surface area (Å²) >= 11 is 0. The summed E-state index contributed by atoms with van der Waals surface area (Å²) in [4.78, 5) is 0. The molecule has 1 aliphatic rings. The van der Waals surface area contributed by atoms with Crippen LogP contribution in [0.3, 0.4) is 0 Å². The zero-order valence-corrected chi connectivity index (χ0v) is 9.13. The van der Waals surface area contributed by atoms with Crippen molar-refractivity contribution in [1.82, 2.24) is 8.46 Å². The summed E-state index contributed by atoms with van der Waals surface area (Å²) in [6.07, 6.45) is 0. The standard InChI is InChI=1S/C5H16N2Si2/c1-6-8(3)7(2)9(6,4)5/h8H,1-5H3. The van der Waals surface area contributed by atoms with Crippen molar-refractivity contribution in [2.24, 2.45) is 0 Å². The number of rotatable bonds is 0. The second-order valence-corrected chi connectivity index (χ2v) is 11.6. The first-order chi connectivity index (χ1) is 3.98. The first kappa shape index (κ1) is 7.46. The highest BCUT2D eigenvalue weighted by Crippen LogP contribution is 2.25. The molecule has 0 aromatic carbocycles. The Hall–Kier alpha value is 0.354. The van der Waals surface area contributed by atoms with Gasteiger partial charge in [0.2, 0.25) is 0 Å². The molecule has 0 aliphatic carbocycles. The maximum Gasteiger partial charge on any atom is 0.188 e. The summed E-state index contributed by atoms with van der Waals surface area (Å²) in [5.41, 5.74) is 0. The van der Waals surface area contributed by atoms with Crippen LogP contribution in [-0.4, -0.2) is 40.1 Å². The van der Waals surface area contributed by atoms with E-state index in [9.17, 15) is 0 Å². The van der Waals surface area contributed by atoms with E-state index in [2.05, 4.69) is 42.2 Å². The Morgan fingerprint density at radius 1 is 1.11 bits per heavy atom. The van der Waals surface area contributed by atoms with Crippen LogP contribution in [-0.2, 0) is 0 Å². The van der Waals surface area contributed by atoms with E-state index in [0.717, 1.165) is 0 Å². The number of hydrogen-bond acceptors (Lipinski definition) is 2. The highest BCUT2D eigenvalue weighted by Gasteiger charge is 2.47. The summed E-state index contributed by atoms with van der Waals surface area (Å²) in [6.45, 7) is 7.19. The highest BCUT2D eigenvalue weighted by atomic mass is 28.5. The fourth-order valence-corrected chi connectivity index (χ4v) is 11.0. The summed E-state index contributed by atoms with van der Waals surface area (Å²) in [6, 6.07) is 0. The average molecular weight is 160 g/mol. The van der Waals surface area contributed by atoms with Crippen LogP contribution in [0.4, 0.5) is 0 Å². The Morgan fingerprint density at radius 3 is 1.56 bits per heavy atom. The lowest BCUT2D eigenvalue weighted by Gasteiger charge is -2.58. The van der Waals surface area contributed by atoms with Gasteiger partial charge in [-0.25, -0.2) is 0 Å². The van der Waals surface area contributed by atoms with Gasteiger partial charge in [-0.1, -0.05) is 0 Å². The van der Waals surface area contributed by atoms with Crippen molar-refractivity contribution >= 4 is 17.5 Å². The third-order valence-corrected chi connectivity index (χ3v) is 14.6. The molecular formula is C5H16N2Si2. The molecule has 0 atom stereocenters. The van der Waals surface area contributed by atoms with E-state index in [-0.39, 0.29) is 0 Å². The Kier molecular flexibility index (Phi) is 1.59. The molecule has 0 amide bonds. The number of nitrogens with zero attached hydrogens (tertiary/aromatic N) is 2. The predicted molar refractivity (Wildman–Crippen MR) is 46.0 cm³/mol. The van der Waals surface area contributed by atoms with Crippen molar-refractivity contribution in [1.29, 1.82) is 0 Å². The van der Waals surface area contributed by atoms with Crippen LogP contribution in [0.2, 0.25) is 19.6 Å². The number of hydrogen-bond donors (Lipinski definition) is 0. The third-order valence-electron chi connectivity index (χ3n) is 2.85. The molecule has 54 valence electrons. The second kappa shape index (κ2) is 1.92. The van der Waals surface area contributed by atoms with Gasteiger partial charge in [-0.15, -0.1) is 0 Å². The van der Waals surface area contributed by atoms with E-state index >= 15 is 0 Å². The summed E-state index contributed by atoms with van der Waals surface area (Å²) in [7, 11) is 3.02. The molecule has 0 N–H and O–H groups in total. The molecule has 0 bridgehead atoms. The predicted octanol–water partition coefficient (Wildman–Crippen LogP) is 0.416. The van der Waals surface area contributed by atoms with E-state index in [1.54, 1.807) is 0 Å². The Morgan fingerprint density at radius 2 is 1.44 bits per heavy atom. The van der Waals surface area contributed by atoms with Gasteiger partial charge in [-0.2, -0.15) is 0 Å².